The van der Waals surface area contributed by atoms with Gasteiger partial charge < -0.3 is 10.3 Å². The van der Waals surface area contributed by atoms with Crippen molar-refractivity contribution in [1.29, 1.82) is 0 Å². The van der Waals surface area contributed by atoms with E-state index in [0.717, 1.165) is 55.5 Å². The van der Waals surface area contributed by atoms with Crippen molar-refractivity contribution >= 4 is 33.5 Å². The van der Waals surface area contributed by atoms with Gasteiger partial charge in [0.2, 0.25) is 5.91 Å². The van der Waals surface area contributed by atoms with Gasteiger partial charge in [0.15, 0.2) is 5.65 Å². The summed E-state index contributed by atoms with van der Waals surface area (Å²) in [6.45, 7) is 3.69. The summed E-state index contributed by atoms with van der Waals surface area (Å²) in [4.78, 5) is 24.1. The molecular weight excluding hydrogens is 467 g/mol. The summed E-state index contributed by atoms with van der Waals surface area (Å²) in [7, 11) is 0. The van der Waals surface area contributed by atoms with Gasteiger partial charge in [0, 0.05) is 46.2 Å². The highest BCUT2D eigenvalue weighted by Crippen LogP contribution is 2.35. The summed E-state index contributed by atoms with van der Waals surface area (Å²) >= 11 is 0. The predicted octanol–water partition coefficient (Wildman–Crippen LogP) is 6.63. The molecule has 0 bridgehead atoms. The third-order valence-corrected chi connectivity index (χ3v) is 6.37. The molecule has 8 heteroatoms. The number of pyridine rings is 2. The number of halogens is 1. The number of nitrogens with zero attached hydrogens (tertiary/aromatic N) is 3. The van der Waals surface area contributed by atoms with Crippen LogP contribution in [-0.4, -0.2) is 31.1 Å². The van der Waals surface area contributed by atoms with Crippen molar-refractivity contribution in [2.45, 2.75) is 20.3 Å². The highest BCUT2D eigenvalue weighted by Gasteiger charge is 2.16. The van der Waals surface area contributed by atoms with E-state index in [1.165, 1.54) is 6.07 Å². The SMILES string of the molecule is CCC(=O)Nc1cncc(-c2cnc3[nH]nc(-c4cc5c(-c6cc(C)cc(F)c6)cccc5[nH]4)c3c2)c1. The lowest BCUT2D eigenvalue weighted by atomic mass is 9.99. The molecule has 0 saturated carbocycles. The summed E-state index contributed by atoms with van der Waals surface area (Å²) < 4.78 is 14.1. The molecule has 0 radical (unpaired) electrons. The van der Waals surface area contributed by atoms with Crippen LogP contribution in [0.4, 0.5) is 10.1 Å². The maximum absolute atomic E-state index is 14.1. The molecule has 0 aliphatic heterocycles. The van der Waals surface area contributed by atoms with E-state index in [9.17, 15) is 9.18 Å². The van der Waals surface area contributed by atoms with Crippen LogP contribution < -0.4 is 5.32 Å². The lowest BCUT2D eigenvalue weighted by Crippen LogP contribution is -2.09. The Hall–Kier alpha value is -4.85. The van der Waals surface area contributed by atoms with Gasteiger partial charge in [0.1, 0.15) is 11.5 Å². The minimum atomic E-state index is -0.257. The molecule has 3 N–H and O–H groups in total. The molecule has 182 valence electrons. The van der Waals surface area contributed by atoms with Gasteiger partial charge in [0.05, 0.1) is 17.6 Å². The van der Waals surface area contributed by atoms with Crippen LogP contribution in [0, 0.1) is 12.7 Å². The van der Waals surface area contributed by atoms with Crippen molar-refractivity contribution in [1.82, 2.24) is 25.1 Å². The largest absolute Gasteiger partial charge is 0.353 e. The first-order valence-corrected chi connectivity index (χ1v) is 12.0. The first-order chi connectivity index (χ1) is 18.0. The number of anilines is 1. The van der Waals surface area contributed by atoms with Crippen LogP contribution in [0.3, 0.4) is 0 Å². The number of fused-ring (bicyclic) bond motifs is 2. The van der Waals surface area contributed by atoms with Gasteiger partial charge in [-0.2, -0.15) is 5.10 Å². The minimum Gasteiger partial charge on any atom is -0.353 e. The molecule has 37 heavy (non-hydrogen) atoms. The topological polar surface area (TPSA) is 99.3 Å². The van der Waals surface area contributed by atoms with E-state index in [1.54, 1.807) is 31.6 Å². The number of nitrogens with one attached hydrogen (secondary N) is 3. The highest BCUT2D eigenvalue weighted by molar-refractivity contribution is 6.01. The van der Waals surface area contributed by atoms with Crippen LogP contribution in [0.1, 0.15) is 18.9 Å². The Morgan fingerprint density at radius 1 is 0.973 bits per heavy atom. The first kappa shape index (κ1) is 22.6. The number of hydrogen-bond donors (Lipinski definition) is 3. The molecular formula is C29H23FN6O. The van der Waals surface area contributed by atoms with Gasteiger partial charge in [-0.25, -0.2) is 9.37 Å². The zero-order valence-electron chi connectivity index (χ0n) is 20.3. The summed E-state index contributed by atoms with van der Waals surface area (Å²) in [6.07, 6.45) is 5.50. The van der Waals surface area contributed by atoms with E-state index in [1.807, 2.05) is 49.4 Å². The number of carbonyl (C=O) groups is 1. The maximum atomic E-state index is 14.1. The molecule has 6 aromatic rings. The van der Waals surface area contributed by atoms with E-state index in [-0.39, 0.29) is 11.7 Å². The minimum absolute atomic E-state index is 0.0729. The van der Waals surface area contributed by atoms with Gasteiger partial charge in [-0.05, 0) is 60.0 Å². The van der Waals surface area contributed by atoms with E-state index in [2.05, 4.69) is 30.5 Å². The fourth-order valence-corrected chi connectivity index (χ4v) is 4.61. The van der Waals surface area contributed by atoms with Crippen LogP contribution >= 0.6 is 0 Å². The quantitative estimate of drug-likeness (QED) is 0.252. The summed E-state index contributed by atoms with van der Waals surface area (Å²) in [6, 6.07) is 16.9. The van der Waals surface area contributed by atoms with Gasteiger partial charge in [0.25, 0.3) is 0 Å². The monoisotopic (exact) mass is 490 g/mol. The number of amides is 1. The molecule has 0 unspecified atom stereocenters. The molecule has 1 amide bonds. The number of aryl methyl sites for hydroxylation is 1. The number of carbonyl (C=O) groups excluding carboxylic acids is 1. The van der Waals surface area contributed by atoms with Crippen molar-refractivity contribution in [3.63, 3.8) is 0 Å². The number of H-pyrrole nitrogens is 2. The fraction of sp³-hybridized carbons (Fsp3) is 0.103. The third-order valence-electron chi connectivity index (χ3n) is 6.37. The van der Waals surface area contributed by atoms with Gasteiger partial charge >= 0.3 is 0 Å². The molecule has 0 saturated heterocycles. The molecule has 0 spiro atoms. The van der Waals surface area contributed by atoms with Crippen molar-refractivity contribution in [3.8, 4) is 33.6 Å². The van der Waals surface area contributed by atoms with E-state index < -0.39 is 0 Å². The zero-order valence-corrected chi connectivity index (χ0v) is 20.3. The average molecular weight is 491 g/mol. The number of aromatic amines is 2. The molecule has 0 fully saturated rings. The number of aromatic nitrogens is 5. The van der Waals surface area contributed by atoms with Crippen LogP contribution in [0.5, 0.6) is 0 Å². The number of hydrogen-bond acceptors (Lipinski definition) is 4. The second kappa shape index (κ2) is 8.98. The summed E-state index contributed by atoms with van der Waals surface area (Å²) in [5.41, 5.74) is 8.08. The van der Waals surface area contributed by atoms with E-state index in [0.29, 0.717) is 17.8 Å². The Kier molecular flexibility index (Phi) is 5.49. The molecule has 0 aliphatic rings. The summed E-state index contributed by atoms with van der Waals surface area (Å²) in [5.74, 6) is -0.330. The Bertz CT molecular complexity index is 1780. The Morgan fingerprint density at radius 2 is 1.84 bits per heavy atom. The lowest BCUT2D eigenvalue weighted by Gasteiger charge is -2.06. The van der Waals surface area contributed by atoms with Gasteiger partial charge in [-0.15, -0.1) is 0 Å². The average Bonchev–Trinajstić information content (AvgIpc) is 3.51. The van der Waals surface area contributed by atoms with Crippen LogP contribution in [0.25, 0.3) is 55.6 Å². The van der Waals surface area contributed by atoms with Crippen LogP contribution in [-0.2, 0) is 4.79 Å². The lowest BCUT2D eigenvalue weighted by molar-refractivity contribution is -0.115. The van der Waals surface area contributed by atoms with Crippen molar-refractivity contribution in [3.05, 3.63) is 84.6 Å². The van der Waals surface area contributed by atoms with Gasteiger partial charge in [-0.3, -0.25) is 14.9 Å². The van der Waals surface area contributed by atoms with E-state index >= 15 is 0 Å². The first-order valence-electron chi connectivity index (χ1n) is 12.0. The Morgan fingerprint density at radius 3 is 2.68 bits per heavy atom. The predicted molar refractivity (Wildman–Crippen MR) is 143 cm³/mol. The van der Waals surface area contributed by atoms with Crippen molar-refractivity contribution in [2.24, 2.45) is 0 Å². The normalized spacial score (nSPS) is 11.3. The summed E-state index contributed by atoms with van der Waals surface area (Å²) in [5, 5.41) is 12.2. The molecule has 7 nitrogen and oxygen atoms in total. The number of rotatable bonds is 5. The van der Waals surface area contributed by atoms with Gasteiger partial charge in [-0.1, -0.05) is 25.1 Å². The molecule has 0 aliphatic carbocycles. The molecule has 2 aromatic carbocycles. The van der Waals surface area contributed by atoms with Crippen molar-refractivity contribution in [2.75, 3.05) is 5.32 Å². The maximum Gasteiger partial charge on any atom is 0.224 e. The number of benzene rings is 2. The van der Waals surface area contributed by atoms with E-state index in [4.69, 9.17) is 0 Å². The highest BCUT2D eigenvalue weighted by atomic mass is 19.1. The van der Waals surface area contributed by atoms with Crippen LogP contribution in [0.2, 0.25) is 0 Å². The Balaban J connectivity index is 1.43. The molecule has 4 heterocycles. The molecule has 4 aromatic heterocycles. The second-order valence-corrected chi connectivity index (χ2v) is 9.02. The second-order valence-electron chi connectivity index (χ2n) is 9.02. The smallest absolute Gasteiger partial charge is 0.224 e. The Labute approximate surface area is 211 Å². The zero-order chi connectivity index (χ0) is 25.5. The molecule has 0 atom stereocenters. The standard InChI is InChI=1S/C29H23FN6O/c1-3-27(37)33-21-10-18(13-31-15-21)19-11-24-28(35-36-29(24)32-14-19)26-12-23-22(5-4-6-25(23)34-26)17-7-16(2)8-20(30)9-17/h4-15,34H,3H2,1-2H3,(H,33,37)(H,32,35,36). The van der Waals surface area contributed by atoms with Crippen molar-refractivity contribution < 1.29 is 9.18 Å². The fourth-order valence-electron chi connectivity index (χ4n) is 4.61. The molecule has 6 rings (SSSR count). The third kappa shape index (κ3) is 4.23. The van der Waals surface area contributed by atoms with Crippen LogP contribution in [0.15, 0.2) is 73.2 Å².